The summed E-state index contributed by atoms with van der Waals surface area (Å²) in [4.78, 5) is 271. The number of phenols is 3. The Kier molecular flexibility index (Phi) is 53.9. The van der Waals surface area contributed by atoms with Crippen LogP contribution in [0.15, 0.2) is 72.8 Å². The summed E-state index contributed by atoms with van der Waals surface area (Å²) in [7, 11) is 0. The molecular formula is C87H135N29O25S. The fraction of sp³-hybridized carbons (Fsp3) is 0.529. The van der Waals surface area contributed by atoms with Crippen molar-refractivity contribution in [3.05, 3.63) is 89.5 Å². The normalized spacial score (nSPS) is 13.9. The zero-order chi connectivity index (χ0) is 107. The summed E-state index contributed by atoms with van der Waals surface area (Å²) in [6.45, 7) is 5.54. The highest BCUT2D eigenvalue weighted by Crippen LogP contribution is 2.18. The van der Waals surface area contributed by atoms with E-state index in [2.05, 4.69) is 106 Å². The molecule has 18 amide bonds. The van der Waals surface area contributed by atoms with Crippen LogP contribution in [0.4, 0.5) is 0 Å². The number of guanidine groups is 3. The van der Waals surface area contributed by atoms with Gasteiger partial charge < -0.3 is 166 Å². The molecular weight excluding hydrogens is 1880 g/mol. The predicted molar refractivity (Wildman–Crippen MR) is 514 cm³/mol. The van der Waals surface area contributed by atoms with Crippen molar-refractivity contribution in [2.45, 2.75) is 217 Å². The minimum absolute atomic E-state index is 0.00481. The van der Waals surface area contributed by atoms with E-state index >= 15 is 0 Å². The fourth-order valence-electron chi connectivity index (χ4n) is 13.0. The number of nitrogens with two attached hydrogens (primary N) is 6. The largest absolute Gasteiger partial charge is 0.508 e. The number of carbonyl (C=O) groups excluding carboxylic acids is 19. The number of carboxylic acid groups (broad SMARTS) is 1. The summed E-state index contributed by atoms with van der Waals surface area (Å²) in [5.74, 6) is -22.0. The van der Waals surface area contributed by atoms with Crippen LogP contribution in [0, 0.1) is 28.1 Å². The summed E-state index contributed by atoms with van der Waals surface area (Å²) in [6.07, 6.45) is -2.10. The summed E-state index contributed by atoms with van der Waals surface area (Å²) in [5.41, 5.74) is 35.3. The smallest absolute Gasteiger partial charge is 0.303 e. The average molecular weight is 2020 g/mol. The molecule has 0 aliphatic rings. The number of carboxylic acids is 1. The average Bonchev–Trinajstić information content (AvgIpc) is 0.861. The van der Waals surface area contributed by atoms with Gasteiger partial charge in [-0.15, -0.1) is 0 Å². The lowest BCUT2D eigenvalue weighted by atomic mass is 10.0. The van der Waals surface area contributed by atoms with Gasteiger partial charge in [0.15, 0.2) is 17.9 Å². The third-order valence-electron chi connectivity index (χ3n) is 20.6. The van der Waals surface area contributed by atoms with Crippen molar-refractivity contribution in [2.75, 3.05) is 64.7 Å². The van der Waals surface area contributed by atoms with Gasteiger partial charge in [0, 0.05) is 51.1 Å². The molecule has 0 saturated carbocycles. The highest BCUT2D eigenvalue weighted by Gasteiger charge is 2.37. The fourth-order valence-corrected chi connectivity index (χ4v) is 13.7. The zero-order valence-electron chi connectivity index (χ0n) is 79.7. The van der Waals surface area contributed by atoms with E-state index in [4.69, 9.17) is 50.6 Å². The first kappa shape index (κ1) is 121. The SMILES string of the molecule is CC(C)C[C@H](N)C(=O)N[C@@H](Cc1ccc(O)cc1)C(=O)N[C@@H](CCCNC(=N)N)C(=O)N[C@@H](C)C(=O)NCC(=O)NCC(=O)NCC(=O)NCC(=O)N[C@H](CSC(=O)CNC(=O)[C@H](C)NC(=O)[C@H](CCCNC(=N)N)NC(=O)[C@H](Cc1ccc(O)cc1)NC(=O)[C@@H](N)CC(C)C)C(=O)N[C@@H](CCCNC(=N)N)C(=O)N[C@@H](C)C(=O)N[C@@H](CCC(=O)O)C(=O)N[C@@H](Cc1ccc(O)cc1)C(=O)N[C@@H](CO)C(N)=O. The van der Waals surface area contributed by atoms with Gasteiger partial charge in [0.25, 0.3) is 0 Å². The van der Waals surface area contributed by atoms with E-state index in [1.165, 1.54) is 86.6 Å². The van der Waals surface area contributed by atoms with E-state index in [1.807, 2.05) is 27.7 Å². The second-order valence-electron chi connectivity index (χ2n) is 33.8. The molecule has 784 valence electrons. The van der Waals surface area contributed by atoms with E-state index in [1.54, 1.807) is 0 Å². The Labute approximate surface area is 821 Å². The minimum Gasteiger partial charge on any atom is -0.508 e. The summed E-state index contributed by atoms with van der Waals surface area (Å²) in [6, 6.07) is -4.21. The standard InChI is InChI=1S/C87H135N29O25S/c1-43(2)31-54(88)75(132)113-60(33-48-14-20-51(118)21-15-48)81(138)110-56(11-8-28-97-85(91)92)77(134)105-45(5)72(129)103-38-67(123)101-36-65(121)100-37-66(122)102-39-68(124)108-64(42-142-70(127)40-104-73(130)46(6)106-78(135)57(12-9-29-98-86(93)94)111-82(139)61(34-49-16-22-52(119)23-17-49)114-76(133)55(89)32-44(3)4)84(141)112-58(13-10-30-99-87(95)96)79(136)107-47(7)74(131)109-59(26-27-69(125)126)80(137)115-62(35-50-18-24-53(120)25-19-50)83(140)116-63(41-117)71(90)128/h14-25,43-47,54-64,117-120H,8-13,26-42,88-89H2,1-7H3,(H2,90,128)(H,100,121)(H,101,123)(H,102,122)(H,103,129)(H,104,130)(H,105,134)(H,106,135)(H,107,136)(H,108,124)(H,109,131)(H,110,138)(H,111,139)(H,112,141)(H,113,132)(H,114,133)(H,115,137)(H,116,140)(H,125,126)(H4,91,92,97)(H4,93,94,98)(H4,95,96,99)/t45-,46-,47-,54-,55-,56-,57-,58-,59-,60-,61-,62-,63-,64+/m0/s1. The molecule has 0 aliphatic heterocycles. The first-order valence-electron chi connectivity index (χ1n) is 45.2. The molecule has 40 N–H and O–H groups in total. The van der Waals surface area contributed by atoms with Crippen LogP contribution in [0.2, 0.25) is 0 Å². The number of aliphatic carboxylic acids is 1. The number of aliphatic hydroxyl groups is 1. The number of rotatable bonds is 64. The van der Waals surface area contributed by atoms with Crippen LogP contribution in [0.25, 0.3) is 0 Å². The molecule has 0 saturated heterocycles. The Morgan fingerprint density at radius 2 is 0.592 bits per heavy atom. The number of primary amides is 1. The maximum Gasteiger partial charge on any atom is 0.303 e. The van der Waals surface area contributed by atoms with Gasteiger partial charge in [0.05, 0.1) is 51.4 Å². The number of hydrogen-bond acceptors (Lipinski definition) is 30. The van der Waals surface area contributed by atoms with E-state index in [0.717, 1.165) is 6.92 Å². The summed E-state index contributed by atoms with van der Waals surface area (Å²) in [5, 5.41) is 119. The Hall–Kier alpha value is -15.3. The molecule has 0 heterocycles. The first-order chi connectivity index (χ1) is 66.8. The summed E-state index contributed by atoms with van der Waals surface area (Å²) >= 11 is 0.305. The number of thioether (sulfide) groups is 1. The van der Waals surface area contributed by atoms with Crippen LogP contribution in [-0.4, -0.2) is 310 Å². The number of nitrogens with one attached hydrogen (secondary N) is 23. The molecule has 3 aromatic rings. The maximum atomic E-state index is 14.6. The first-order valence-corrected chi connectivity index (χ1v) is 46.2. The quantitative estimate of drug-likeness (QED) is 0.0142. The monoisotopic (exact) mass is 2020 g/mol. The second-order valence-corrected chi connectivity index (χ2v) is 34.9. The number of phenolic OH excluding ortho intramolecular Hbond substituents is 3. The lowest BCUT2D eigenvalue weighted by Crippen LogP contribution is -2.60. The molecule has 54 nitrogen and oxygen atoms in total. The maximum absolute atomic E-state index is 14.6. The molecule has 55 heteroatoms. The molecule has 142 heavy (non-hydrogen) atoms. The highest BCUT2D eigenvalue weighted by molar-refractivity contribution is 8.13. The zero-order valence-corrected chi connectivity index (χ0v) is 80.5. The molecule has 0 aliphatic carbocycles. The topological polar surface area (TPSA) is 911 Å². The molecule has 0 aromatic heterocycles. The molecule has 14 atom stereocenters. The Balaban J connectivity index is 1.89. The molecule has 0 unspecified atom stereocenters. The number of carbonyl (C=O) groups is 20. The van der Waals surface area contributed by atoms with E-state index in [-0.39, 0.29) is 125 Å². The number of hydrogen-bond donors (Lipinski definition) is 34. The van der Waals surface area contributed by atoms with Gasteiger partial charge in [-0.1, -0.05) is 75.9 Å². The second kappa shape index (κ2) is 63.3. The lowest BCUT2D eigenvalue weighted by molar-refractivity contribution is -0.138. The Morgan fingerprint density at radius 1 is 0.317 bits per heavy atom. The lowest BCUT2D eigenvalue weighted by Gasteiger charge is -2.26. The molecule has 3 aromatic carbocycles. The number of benzene rings is 3. The molecule has 0 bridgehead atoms. The molecule has 0 radical (unpaired) electrons. The van der Waals surface area contributed by atoms with Gasteiger partial charge in [-0.05, 0) is 143 Å². The van der Waals surface area contributed by atoms with Crippen molar-refractivity contribution in [3.8, 4) is 17.2 Å². The van der Waals surface area contributed by atoms with Gasteiger partial charge in [0.1, 0.15) is 89.8 Å². The third-order valence-corrected chi connectivity index (χ3v) is 21.6. The number of aromatic hydroxyl groups is 3. The molecule has 3 rings (SSSR count). The van der Waals surface area contributed by atoms with Gasteiger partial charge >= 0.3 is 5.97 Å². The molecule has 0 fully saturated rings. The summed E-state index contributed by atoms with van der Waals surface area (Å²) < 4.78 is 0. The van der Waals surface area contributed by atoms with Gasteiger partial charge in [0.2, 0.25) is 111 Å². The van der Waals surface area contributed by atoms with E-state index in [0.29, 0.717) is 28.5 Å². The van der Waals surface area contributed by atoms with Crippen molar-refractivity contribution >= 4 is 147 Å². The van der Waals surface area contributed by atoms with Crippen molar-refractivity contribution in [3.63, 3.8) is 0 Å². The van der Waals surface area contributed by atoms with Crippen LogP contribution in [0.3, 0.4) is 0 Å². The Bertz CT molecular complexity index is 4850. The minimum atomic E-state index is -1.91. The Morgan fingerprint density at radius 3 is 0.915 bits per heavy atom. The predicted octanol–water partition coefficient (Wildman–Crippen LogP) is -10.6. The van der Waals surface area contributed by atoms with Gasteiger partial charge in [-0.25, -0.2) is 0 Å². The van der Waals surface area contributed by atoms with Crippen LogP contribution >= 0.6 is 11.8 Å². The number of amides is 18. The van der Waals surface area contributed by atoms with Crippen molar-refractivity contribution < 1.29 is 121 Å². The van der Waals surface area contributed by atoms with Crippen LogP contribution in [0.1, 0.15) is 129 Å². The third kappa shape index (κ3) is 49.3. The van der Waals surface area contributed by atoms with E-state index in [9.17, 15) is 121 Å². The van der Waals surface area contributed by atoms with Crippen LogP contribution in [-0.2, 0) is 115 Å². The van der Waals surface area contributed by atoms with Crippen molar-refractivity contribution in [1.82, 2.24) is 106 Å². The van der Waals surface area contributed by atoms with Crippen LogP contribution in [0.5, 0.6) is 17.2 Å². The van der Waals surface area contributed by atoms with Gasteiger partial charge in [-0.2, -0.15) is 0 Å². The van der Waals surface area contributed by atoms with Gasteiger partial charge in [-0.3, -0.25) is 112 Å². The van der Waals surface area contributed by atoms with E-state index < -0.39 is 272 Å². The van der Waals surface area contributed by atoms with Crippen molar-refractivity contribution in [1.29, 1.82) is 16.2 Å². The molecule has 0 spiro atoms. The highest BCUT2D eigenvalue weighted by atomic mass is 32.2. The number of aliphatic hydroxyl groups excluding tert-OH is 1. The van der Waals surface area contributed by atoms with Crippen LogP contribution < -0.4 is 141 Å². The van der Waals surface area contributed by atoms with Crippen molar-refractivity contribution in [2.24, 2.45) is 46.2 Å².